The van der Waals surface area contributed by atoms with E-state index in [4.69, 9.17) is 4.74 Å². The van der Waals surface area contributed by atoms with Gasteiger partial charge in [0, 0.05) is 12.0 Å². The van der Waals surface area contributed by atoms with Crippen molar-refractivity contribution < 1.29 is 23.9 Å². The highest BCUT2D eigenvalue weighted by Crippen LogP contribution is 2.28. The summed E-state index contributed by atoms with van der Waals surface area (Å²) in [6.07, 6.45) is 4.88. The zero-order chi connectivity index (χ0) is 13.4. The Hall–Kier alpha value is -1.65. The molecule has 0 atom stereocenters. The van der Waals surface area contributed by atoms with E-state index in [0.29, 0.717) is 12.8 Å². The van der Waals surface area contributed by atoms with E-state index < -0.39 is 5.97 Å². The lowest BCUT2D eigenvalue weighted by molar-refractivity contribution is -0.154. The first-order valence-electron chi connectivity index (χ1n) is 6.08. The van der Waals surface area contributed by atoms with E-state index in [1.54, 1.807) is 0 Å². The van der Waals surface area contributed by atoms with Crippen molar-refractivity contribution in [1.82, 2.24) is 0 Å². The third-order valence-electron chi connectivity index (χ3n) is 3.04. The maximum atomic E-state index is 11.6. The van der Waals surface area contributed by atoms with Gasteiger partial charge in [0.05, 0.1) is 5.92 Å². The van der Waals surface area contributed by atoms with E-state index in [1.807, 2.05) is 0 Å². The summed E-state index contributed by atoms with van der Waals surface area (Å²) in [5.74, 6) is -0.842. The SMILES string of the molecule is C=CC(=O)OCCOC(=O)C1CCC(C=O)CC1. The monoisotopic (exact) mass is 254 g/mol. The summed E-state index contributed by atoms with van der Waals surface area (Å²) >= 11 is 0. The number of rotatable bonds is 6. The highest BCUT2D eigenvalue weighted by atomic mass is 16.6. The van der Waals surface area contributed by atoms with Crippen LogP contribution in [0.15, 0.2) is 12.7 Å². The standard InChI is InChI=1S/C13H18O5/c1-2-12(15)17-7-8-18-13(16)11-5-3-10(9-14)4-6-11/h2,9-11H,1,3-8H2. The molecule has 18 heavy (non-hydrogen) atoms. The van der Waals surface area contributed by atoms with Crippen molar-refractivity contribution >= 4 is 18.2 Å². The van der Waals surface area contributed by atoms with Crippen LogP contribution in [0.25, 0.3) is 0 Å². The van der Waals surface area contributed by atoms with Crippen LogP contribution >= 0.6 is 0 Å². The van der Waals surface area contributed by atoms with Gasteiger partial charge in [-0.15, -0.1) is 0 Å². The summed E-state index contributed by atoms with van der Waals surface area (Å²) in [5.41, 5.74) is 0. The molecule has 0 aromatic carbocycles. The van der Waals surface area contributed by atoms with Crippen LogP contribution in [0.1, 0.15) is 25.7 Å². The fraction of sp³-hybridized carbons (Fsp3) is 0.615. The van der Waals surface area contributed by atoms with E-state index in [0.717, 1.165) is 25.2 Å². The first-order chi connectivity index (χ1) is 8.67. The van der Waals surface area contributed by atoms with E-state index in [2.05, 4.69) is 11.3 Å². The molecule has 0 bridgehead atoms. The maximum absolute atomic E-state index is 11.6. The Labute approximate surface area is 106 Å². The van der Waals surface area contributed by atoms with Crippen molar-refractivity contribution in [1.29, 1.82) is 0 Å². The molecule has 5 nitrogen and oxygen atoms in total. The Morgan fingerprint density at radius 3 is 2.28 bits per heavy atom. The molecule has 1 saturated carbocycles. The second-order valence-corrected chi connectivity index (χ2v) is 4.29. The lowest BCUT2D eigenvalue weighted by Crippen LogP contribution is -2.25. The Bertz CT molecular complexity index is 315. The molecule has 1 aliphatic rings. The first kappa shape index (κ1) is 14.4. The van der Waals surface area contributed by atoms with Gasteiger partial charge in [0.25, 0.3) is 0 Å². The molecule has 0 spiro atoms. The number of ether oxygens (including phenoxy) is 2. The summed E-state index contributed by atoms with van der Waals surface area (Å²) in [7, 11) is 0. The van der Waals surface area contributed by atoms with Gasteiger partial charge in [-0.05, 0) is 25.7 Å². The fourth-order valence-electron chi connectivity index (χ4n) is 1.95. The Balaban J connectivity index is 2.15. The highest BCUT2D eigenvalue weighted by Gasteiger charge is 2.26. The zero-order valence-electron chi connectivity index (χ0n) is 10.3. The van der Waals surface area contributed by atoms with Crippen molar-refractivity contribution in [3.63, 3.8) is 0 Å². The van der Waals surface area contributed by atoms with Gasteiger partial charge in [0.15, 0.2) is 0 Å². The van der Waals surface area contributed by atoms with E-state index in [9.17, 15) is 14.4 Å². The number of esters is 2. The average Bonchev–Trinajstić information content (AvgIpc) is 2.43. The van der Waals surface area contributed by atoms with Crippen molar-refractivity contribution in [2.24, 2.45) is 11.8 Å². The number of hydrogen-bond acceptors (Lipinski definition) is 5. The average molecular weight is 254 g/mol. The topological polar surface area (TPSA) is 69.7 Å². The Morgan fingerprint density at radius 1 is 1.11 bits per heavy atom. The van der Waals surface area contributed by atoms with Gasteiger partial charge >= 0.3 is 11.9 Å². The summed E-state index contributed by atoms with van der Waals surface area (Å²) in [6, 6.07) is 0. The number of carbonyl (C=O) groups excluding carboxylic acids is 3. The third kappa shape index (κ3) is 4.69. The van der Waals surface area contributed by atoms with Crippen LogP contribution in [0.4, 0.5) is 0 Å². The maximum Gasteiger partial charge on any atom is 0.330 e. The van der Waals surface area contributed by atoms with Crippen LogP contribution < -0.4 is 0 Å². The second kappa shape index (κ2) is 7.63. The van der Waals surface area contributed by atoms with Gasteiger partial charge in [0.1, 0.15) is 19.5 Å². The molecule has 0 unspecified atom stereocenters. The predicted octanol–water partition coefficient (Wildman–Crippen LogP) is 1.26. The van der Waals surface area contributed by atoms with E-state index in [1.165, 1.54) is 0 Å². The van der Waals surface area contributed by atoms with Gasteiger partial charge < -0.3 is 14.3 Å². The minimum absolute atomic E-state index is 0.0419. The normalized spacial score (nSPS) is 22.9. The quantitative estimate of drug-likeness (QED) is 0.309. The molecule has 1 fully saturated rings. The molecular weight excluding hydrogens is 236 g/mol. The molecule has 0 amide bonds. The number of aldehydes is 1. The molecular formula is C13H18O5. The number of carbonyl (C=O) groups is 3. The predicted molar refractivity (Wildman–Crippen MR) is 63.6 cm³/mol. The van der Waals surface area contributed by atoms with Crippen LogP contribution in [-0.2, 0) is 23.9 Å². The van der Waals surface area contributed by atoms with E-state index in [-0.39, 0.29) is 31.0 Å². The van der Waals surface area contributed by atoms with Crippen LogP contribution in [-0.4, -0.2) is 31.4 Å². The Kier molecular flexibility index (Phi) is 6.11. The van der Waals surface area contributed by atoms with Gasteiger partial charge in [-0.3, -0.25) is 4.79 Å². The summed E-state index contributed by atoms with van der Waals surface area (Å²) in [4.78, 5) is 32.9. The van der Waals surface area contributed by atoms with Crippen LogP contribution in [0.5, 0.6) is 0 Å². The van der Waals surface area contributed by atoms with Crippen molar-refractivity contribution in [2.75, 3.05) is 13.2 Å². The lowest BCUT2D eigenvalue weighted by atomic mass is 9.83. The van der Waals surface area contributed by atoms with Crippen molar-refractivity contribution in [3.8, 4) is 0 Å². The zero-order valence-corrected chi connectivity index (χ0v) is 10.3. The molecule has 5 heteroatoms. The lowest BCUT2D eigenvalue weighted by Gasteiger charge is -2.23. The van der Waals surface area contributed by atoms with Crippen molar-refractivity contribution in [2.45, 2.75) is 25.7 Å². The minimum Gasteiger partial charge on any atom is -0.462 e. The molecule has 0 aliphatic heterocycles. The van der Waals surface area contributed by atoms with Gasteiger partial charge in [-0.2, -0.15) is 0 Å². The molecule has 0 aromatic heterocycles. The molecule has 100 valence electrons. The molecule has 0 radical (unpaired) electrons. The summed E-state index contributed by atoms with van der Waals surface area (Å²) < 4.78 is 9.69. The van der Waals surface area contributed by atoms with Crippen LogP contribution in [0, 0.1) is 11.8 Å². The van der Waals surface area contributed by atoms with Gasteiger partial charge in [0.2, 0.25) is 0 Å². The summed E-state index contributed by atoms with van der Waals surface area (Å²) in [5, 5.41) is 0. The third-order valence-corrected chi connectivity index (χ3v) is 3.04. The Morgan fingerprint density at radius 2 is 1.72 bits per heavy atom. The largest absolute Gasteiger partial charge is 0.462 e. The molecule has 0 aromatic rings. The summed E-state index contributed by atoms with van der Waals surface area (Å²) in [6.45, 7) is 3.36. The first-order valence-corrected chi connectivity index (χ1v) is 6.08. The minimum atomic E-state index is -0.530. The molecule has 1 rings (SSSR count). The molecule has 1 aliphatic carbocycles. The number of hydrogen-bond donors (Lipinski definition) is 0. The van der Waals surface area contributed by atoms with Gasteiger partial charge in [-0.25, -0.2) is 4.79 Å². The van der Waals surface area contributed by atoms with E-state index >= 15 is 0 Å². The van der Waals surface area contributed by atoms with Crippen molar-refractivity contribution in [3.05, 3.63) is 12.7 Å². The van der Waals surface area contributed by atoms with Crippen LogP contribution in [0.3, 0.4) is 0 Å². The highest BCUT2D eigenvalue weighted by molar-refractivity contribution is 5.81. The van der Waals surface area contributed by atoms with Crippen LogP contribution in [0.2, 0.25) is 0 Å². The second-order valence-electron chi connectivity index (χ2n) is 4.29. The molecule has 0 N–H and O–H groups in total. The van der Waals surface area contributed by atoms with Gasteiger partial charge in [-0.1, -0.05) is 6.58 Å². The smallest absolute Gasteiger partial charge is 0.330 e. The fourth-order valence-corrected chi connectivity index (χ4v) is 1.95. The molecule has 0 saturated heterocycles. The molecule has 0 heterocycles.